The Morgan fingerprint density at radius 3 is 2.88 bits per heavy atom. The van der Waals surface area contributed by atoms with Crippen molar-refractivity contribution in [2.75, 3.05) is 11.1 Å². The zero-order valence-electron chi connectivity index (χ0n) is 9.65. The highest BCUT2D eigenvalue weighted by molar-refractivity contribution is 7.19. The minimum atomic E-state index is -0.113. The number of nitrogens with one attached hydrogen (secondary N) is 1. The van der Waals surface area contributed by atoms with Gasteiger partial charge in [0, 0.05) is 12.6 Å². The van der Waals surface area contributed by atoms with Crippen molar-refractivity contribution in [1.82, 2.24) is 4.98 Å². The quantitative estimate of drug-likeness (QED) is 0.802. The van der Waals surface area contributed by atoms with Crippen molar-refractivity contribution in [3.63, 3.8) is 0 Å². The number of nitrogens with two attached hydrogens (primary N) is 1. The van der Waals surface area contributed by atoms with Gasteiger partial charge in [-0.1, -0.05) is 23.5 Å². The van der Waals surface area contributed by atoms with E-state index in [9.17, 15) is 4.79 Å². The zero-order valence-corrected chi connectivity index (χ0v) is 10.5. The van der Waals surface area contributed by atoms with Crippen molar-refractivity contribution in [2.45, 2.75) is 13.8 Å². The Kier molecular flexibility index (Phi) is 3.10. The van der Waals surface area contributed by atoms with Gasteiger partial charge in [0.15, 0.2) is 5.13 Å². The first-order valence-corrected chi connectivity index (χ1v) is 5.99. The van der Waals surface area contributed by atoms with Gasteiger partial charge in [-0.3, -0.25) is 4.79 Å². The molecule has 5 heteroatoms. The Morgan fingerprint density at radius 1 is 1.47 bits per heavy atom. The maximum absolute atomic E-state index is 11.0. The van der Waals surface area contributed by atoms with Gasteiger partial charge in [0.05, 0.1) is 10.6 Å². The lowest BCUT2D eigenvalue weighted by Gasteiger charge is -1.99. The third-order valence-electron chi connectivity index (χ3n) is 2.23. The SMILES string of the molecule is CC(=O)Nc1nc(C)c(-c2cccc(N)c2)s1. The number of hydrogen-bond donors (Lipinski definition) is 2. The minimum Gasteiger partial charge on any atom is -0.399 e. The average Bonchev–Trinajstić information content (AvgIpc) is 2.58. The molecule has 0 aliphatic heterocycles. The van der Waals surface area contributed by atoms with Gasteiger partial charge < -0.3 is 11.1 Å². The van der Waals surface area contributed by atoms with Crippen molar-refractivity contribution in [3.8, 4) is 10.4 Å². The Morgan fingerprint density at radius 2 is 2.24 bits per heavy atom. The summed E-state index contributed by atoms with van der Waals surface area (Å²) >= 11 is 1.45. The topological polar surface area (TPSA) is 68.0 Å². The Bertz CT molecular complexity index is 563. The lowest BCUT2D eigenvalue weighted by atomic mass is 10.1. The van der Waals surface area contributed by atoms with Crippen LogP contribution in [0.15, 0.2) is 24.3 Å². The van der Waals surface area contributed by atoms with Crippen molar-refractivity contribution < 1.29 is 4.79 Å². The first-order valence-electron chi connectivity index (χ1n) is 5.17. The van der Waals surface area contributed by atoms with Gasteiger partial charge in [-0.25, -0.2) is 4.98 Å². The molecule has 88 valence electrons. The summed E-state index contributed by atoms with van der Waals surface area (Å²) in [5, 5.41) is 3.31. The Labute approximate surface area is 103 Å². The second-order valence-corrected chi connectivity index (χ2v) is 4.74. The van der Waals surface area contributed by atoms with Gasteiger partial charge in [0.1, 0.15) is 0 Å². The Hall–Kier alpha value is -1.88. The van der Waals surface area contributed by atoms with Crippen LogP contribution in [-0.2, 0) is 4.79 Å². The molecule has 0 atom stereocenters. The van der Waals surface area contributed by atoms with Gasteiger partial charge in [-0.2, -0.15) is 0 Å². The number of nitrogens with zero attached hydrogens (tertiary/aromatic N) is 1. The van der Waals surface area contributed by atoms with Crippen molar-refractivity contribution >= 4 is 28.1 Å². The number of aryl methyl sites for hydroxylation is 1. The van der Waals surface area contributed by atoms with Crippen LogP contribution < -0.4 is 11.1 Å². The Balaban J connectivity index is 2.39. The summed E-state index contributed by atoms with van der Waals surface area (Å²) in [4.78, 5) is 16.3. The molecule has 3 N–H and O–H groups in total. The highest BCUT2D eigenvalue weighted by atomic mass is 32.1. The van der Waals surface area contributed by atoms with Crippen LogP contribution in [0.1, 0.15) is 12.6 Å². The van der Waals surface area contributed by atoms with Gasteiger partial charge in [0.2, 0.25) is 5.91 Å². The molecular weight excluding hydrogens is 234 g/mol. The molecule has 1 aromatic carbocycles. The summed E-state index contributed by atoms with van der Waals surface area (Å²) in [6, 6.07) is 7.63. The smallest absolute Gasteiger partial charge is 0.223 e. The van der Waals surface area contributed by atoms with Crippen molar-refractivity contribution in [3.05, 3.63) is 30.0 Å². The van der Waals surface area contributed by atoms with Crippen LogP contribution in [0.5, 0.6) is 0 Å². The van der Waals surface area contributed by atoms with Crippen molar-refractivity contribution in [1.29, 1.82) is 0 Å². The molecular formula is C12H13N3OS. The van der Waals surface area contributed by atoms with E-state index < -0.39 is 0 Å². The van der Waals surface area contributed by atoms with Crippen LogP contribution in [-0.4, -0.2) is 10.9 Å². The van der Waals surface area contributed by atoms with E-state index in [1.54, 1.807) is 0 Å². The van der Waals surface area contributed by atoms with Gasteiger partial charge in [0.25, 0.3) is 0 Å². The van der Waals surface area contributed by atoms with Crippen molar-refractivity contribution in [2.24, 2.45) is 0 Å². The van der Waals surface area contributed by atoms with E-state index in [1.807, 2.05) is 31.2 Å². The summed E-state index contributed by atoms with van der Waals surface area (Å²) in [5.41, 5.74) is 8.38. The van der Waals surface area contributed by atoms with Gasteiger partial charge in [-0.05, 0) is 24.6 Å². The fourth-order valence-corrected chi connectivity index (χ4v) is 2.56. The van der Waals surface area contributed by atoms with E-state index in [0.717, 1.165) is 21.8 Å². The van der Waals surface area contributed by atoms with E-state index in [1.165, 1.54) is 18.3 Å². The third kappa shape index (κ3) is 2.62. The molecule has 0 saturated carbocycles. The van der Waals surface area contributed by atoms with Crippen LogP contribution in [0.2, 0.25) is 0 Å². The summed E-state index contributed by atoms with van der Waals surface area (Å²) in [6.45, 7) is 3.39. The molecule has 17 heavy (non-hydrogen) atoms. The van der Waals surface area contributed by atoms with Crippen LogP contribution in [0, 0.1) is 6.92 Å². The summed E-state index contributed by atoms with van der Waals surface area (Å²) in [7, 11) is 0. The highest BCUT2D eigenvalue weighted by Gasteiger charge is 2.10. The van der Waals surface area contributed by atoms with Crippen LogP contribution in [0.25, 0.3) is 10.4 Å². The first-order chi connectivity index (χ1) is 8.06. The molecule has 0 unspecified atom stereocenters. The van der Waals surface area contributed by atoms with E-state index in [-0.39, 0.29) is 5.91 Å². The molecule has 0 saturated heterocycles. The highest BCUT2D eigenvalue weighted by Crippen LogP contribution is 2.33. The van der Waals surface area contributed by atoms with Gasteiger partial charge >= 0.3 is 0 Å². The summed E-state index contributed by atoms with van der Waals surface area (Å²) < 4.78 is 0. The van der Waals surface area contributed by atoms with E-state index in [2.05, 4.69) is 10.3 Å². The molecule has 0 aliphatic rings. The van der Waals surface area contributed by atoms with E-state index >= 15 is 0 Å². The first kappa shape index (κ1) is 11.6. The van der Waals surface area contributed by atoms with Gasteiger partial charge in [-0.15, -0.1) is 0 Å². The minimum absolute atomic E-state index is 0.113. The normalized spacial score (nSPS) is 10.2. The van der Waals surface area contributed by atoms with Crippen LogP contribution in [0.3, 0.4) is 0 Å². The lowest BCUT2D eigenvalue weighted by molar-refractivity contribution is -0.114. The maximum atomic E-state index is 11.0. The summed E-state index contributed by atoms with van der Waals surface area (Å²) in [5.74, 6) is -0.113. The monoisotopic (exact) mass is 247 g/mol. The summed E-state index contributed by atoms with van der Waals surface area (Å²) in [6.07, 6.45) is 0. The number of hydrogen-bond acceptors (Lipinski definition) is 4. The van der Waals surface area contributed by atoms with E-state index in [4.69, 9.17) is 5.73 Å². The van der Waals surface area contributed by atoms with Crippen LogP contribution in [0.4, 0.5) is 10.8 Å². The molecule has 2 rings (SSSR count). The molecule has 2 aromatic rings. The predicted molar refractivity (Wildman–Crippen MR) is 71.0 cm³/mol. The molecule has 0 aliphatic carbocycles. The standard InChI is InChI=1S/C12H13N3OS/c1-7-11(9-4-3-5-10(13)6-9)17-12(14-7)15-8(2)16/h3-6H,13H2,1-2H3,(H,14,15,16). The van der Waals surface area contributed by atoms with E-state index in [0.29, 0.717) is 5.13 Å². The molecule has 1 aromatic heterocycles. The number of carbonyl (C=O) groups is 1. The predicted octanol–water partition coefficient (Wildman–Crippen LogP) is 2.66. The molecule has 0 spiro atoms. The molecule has 1 amide bonds. The second-order valence-electron chi connectivity index (χ2n) is 3.74. The molecule has 0 bridgehead atoms. The number of benzene rings is 1. The molecule has 1 heterocycles. The molecule has 0 fully saturated rings. The average molecular weight is 247 g/mol. The molecule has 4 nitrogen and oxygen atoms in total. The fourth-order valence-electron chi connectivity index (χ4n) is 1.55. The lowest BCUT2D eigenvalue weighted by Crippen LogP contribution is -2.04. The number of anilines is 2. The third-order valence-corrected chi connectivity index (χ3v) is 3.35. The fraction of sp³-hybridized carbons (Fsp3) is 0.167. The largest absolute Gasteiger partial charge is 0.399 e. The maximum Gasteiger partial charge on any atom is 0.223 e. The number of rotatable bonds is 2. The molecule has 0 radical (unpaired) electrons. The van der Waals surface area contributed by atoms with Crippen LogP contribution >= 0.6 is 11.3 Å². The number of nitrogen functional groups attached to an aromatic ring is 1. The number of amides is 1. The second kappa shape index (κ2) is 4.55. The number of carbonyl (C=O) groups excluding carboxylic acids is 1. The zero-order chi connectivity index (χ0) is 12.4. The number of thiazole rings is 1. The number of aromatic nitrogens is 1.